The first kappa shape index (κ1) is 15.6. The second kappa shape index (κ2) is 7.30. The van der Waals surface area contributed by atoms with Crippen molar-refractivity contribution < 1.29 is 4.79 Å². The summed E-state index contributed by atoms with van der Waals surface area (Å²) in [4.78, 5) is 14.7. The van der Waals surface area contributed by atoms with Crippen molar-refractivity contribution in [2.75, 3.05) is 19.6 Å². The second-order valence-electron chi connectivity index (χ2n) is 5.10. The molecule has 3 nitrogen and oxygen atoms in total. The summed E-state index contributed by atoms with van der Waals surface area (Å²) in [7, 11) is 0. The van der Waals surface area contributed by atoms with Gasteiger partial charge in [0.25, 0.3) is 5.91 Å². The number of carbonyl (C=O) groups excluding carboxylic acids is 1. The number of carbonyl (C=O) groups is 1. The number of nitrogens with one attached hydrogen (secondary N) is 1. The van der Waals surface area contributed by atoms with E-state index in [1.54, 1.807) is 18.2 Å². The van der Waals surface area contributed by atoms with Crippen LogP contribution in [0.2, 0.25) is 10.0 Å². The fourth-order valence-corrected chi connectivity index (χ4v) is 3.20. The molecule has 0 radical (unpaired) electrons. The van der Waals surface area contributed by atoms with Crippen LogP contribution < -0.4 is 5.32 Å². The Kier molecular flexibility index (Phi) is 5.70. The molecule has 1 aromatic rings. The Bertz CT molecular complexity index is 453. The van der Waals surface area contributed by atoms with Crippen molar-refractivity contribution in [2.45, 2.75) is 32.2 Å². The topological polar surface area (TPSA) is 32.3 Å². The Labute approximate surface area is 130 Å². The summed E-state index contributed by atoms with van der Waals surface area (Å²) in [6, 6.07) is 5.41. The number of rotatable bonds is 4. The molecular formula is C15H20Cl2N2O. The lowest BCUT2D eigenvalue weighted by Crippen LogP contribution is -2.49. The average molecular weight is 315 g/mol. The predicted octanol–water partition coefficient (Wildman–Crippen LogP) is 3.60. The van der Waals surface area contributed by atoms with E-state index in [4.69, 9.17) is 23.2 Å². The fraction of sp³-hybridized carbons (Fsp3) is 0.533. The van der Waals surface area contributed by atoms with Gasteiger partial charge in [-0.2, -0.15) is 0 Å². The summed E-state index contributed by atoms with van der Waals surface area (Å²) in [6.45, 7) is 4.67. The molecule has 0 saturated carbocycles. The Hall–Kier alpha value is -0.770. The van der Waals surface area contributed by atoms with Crippen LogP contribution in [0, 0.1) is 0 Å². The van der Waals surface area contributed by atoms with Crippen molar-refractivity contribution in [3.63, 3.8) is 0 Å². The largest absolute Gasteiger partial charge is 0.334 e. The van der Waals surface area contributed by atoms with Crippen LogP contribution in [0.15, 0.2) is 18.2 Å². The Morgan fingerprint density at radius 2 is 2.10 bits per heavy atom. The van der Waals surface area contributed by atoms with Crippen LogP contribution in [0.1, 0.15) is 36.5 Å². The zero-order chi connectivity index (χ0) is 14.5. The highest BCUT2D eigenvalue weighted by atomic mass is 35.5. The van der Waals surface area contributed by atoms with Gasteiger partial charge in [0.2, 0.25) is 0 Å². The number of piperidine rings is 1. The van der Waals surface area contributed by atoms with Crippen molar-refractivity contribution in [1.29, 1.82) is 0 Å². The molecular weight excluding hydrogens is 295 g/mol. The number of nitrogens with zero attached hydrogens (tertiary/aromatic N) is 1. The Morgan fingerprint density at radius 3 is 2.65 bits per heavy atom. The van der Waals surface area contributed by atoms with E-state index in [0.29, 0.717) is 15.6 Å². The van der Waals surface area contributed by atoms with Gasteiger partial charge >= 0.3 is 0 Å². The van der Waals surface area contributed by atoms with Gasteiger partial charge < -0.3 is 10.2 Å². The van der Waals surface area contributed by atoms with Crippen molar-refractivity contribution >= 4 is 29.1 Å². The van der Waals surface area contributed by atoms with E-state index < -0.39 is 0 Å². The van der Waals surface area contributed by atoms with Crippen LogP contribution in [0.25, 0.3) is 0 Å². The molecule has 0 bridgehead atoms. The van der Waals surface area contributed by atoms with E-state index in [2.05, 4.69) is 12.2 Å². The lowest BCUT2D eigenvalue weighted by molar-refractivity contribution is 0.0649. The van der Waals surface area contributed by atoms with E-state index in [1.807, 2.05) is 4.90 Å². The molecule has 1 amide bonds. The summed E-state index contributed by atoms with van der Waals surface area (Å²) in [5, 5.41) is 4.20. The molecule has 1 fully saturated rings. The molecule has 1 N–H and O–H groups in total. The van der Waals surface area contributed by atoms with Gasteiger partial charge in [-0.25, -0.2) is 0 Å². The van der Waals surface area contributed by atoms with E-state index in [-0.39, 0.29) is 11.9 Å². The molecule has 0 spiro atoms. The van der Waals surface area contributed by atoms with E-state index in [1.165, 1.54) is 0 Å². The van der Waals surface area contributed by atoms with Crippen molar-refractivity contribution in [1.82, 2.24) is 10.2 Å². The molecule has 1 aliphatic heterocycles. The minimum absolute atomic E-state index is 0.0591. The van der Waals surface area contributed by atoms with Crippen LogP contribution in [-0.4, -0.2) is 36.5 Å². The van der Waals surface area contributed by atoms with Gasteiger partial charge in [-0.15, -0.1) is 0 Å². The SMILES string of the molecule is CCCN(C(=O)c1c(Cl)cccc1Cl)C1CCCNC1. The third-order valence-corrected chi connectivity index (χ3v) is 4.24. The van der Waals surface area contributed by atoms with Gasteiger partial charge in [0.05, 0.1) is 15.6 Å². The molecule has 1 unspecified atom stereocenters. The van der Waals surface area contributed by atoms with Crippen molar-refractivity contribution in [3.05, 3.63) is 33.8 Å². The monoisotopic (exact) mass is 314 g/mol. The molecule has 1 atom stereocenters. The van der Waals surface area contributed by atoms with Crippen molar-refractivity contribution in [2.24, 2.45) is 0 Å². The minimum Gasteiger partial charge on any atom is -0.334 e. The molecule has 5 heteroatoms. The van der Waals surface area contributed by atoms with Gasteiger partial charge in [-0.3, -0.25) is 4.79 Å². The Morgan fingerprint density at radius 1 is 1.40 bits per heavy atom. The van der Waals surface area contributed by atoms with E-state index in [9.17, 15) is 4.79 Å². The molecule has 110 valence electrons. The van der Waals surface area contributed by atoms with Gasteiger partial charge in [0.15, 0.2) is 0 Å². The van der Waals surface area contributed by atoms with Crippen LogP contribution in [0.4, 0.5) is 0 Å². The number of hydrogen-bond acceptors (Lipinski definition) is 2. The second-order valence-corrected chi connectivity index (χ2v) is 5.91. The smallest absolute Gasteiger partial charge is 0.257 e. The van der Waals surface area contributed by atoms with Gasteiger partial charge in [-0.1, -0.05) is 36.2 Å². The normalized spacial score (nSPS) is 18.9. The summed E-state index contributed by atoms with van der Waals surface area (Å²) >= 11 is 12.3. The van der Waals surface area contributed by atoms with Crippen LogP contribution in [-0.2, 0) is 0 Å². The first-order chi connectivity index (χ1) is 9.65. The van der Waals surface area contributed by atoms with Crippen LogP contribution in [0.3, 0.4) is 0 Å². The fourth-order valence-electron chi connectivity index (χ4n) is 2.64. The first-order valence-corrected chi connectivity index (χ1v) is 7.86. The zero-order valence-electron chi connectivity index (χ0n) is 11.7. The lowest BCUT2D eigenvalue weighted by atomic mass is 10.0. The lowest BCUT2D eigenvalue weighted by Gasteiger charge is -2.35. The molecule has 1 aromatic carbocycles. The van der Waals surface area contributed by atoms with E-state index in [0.717, 1.165) is 38.9 Å². The van der Waals surface area contributed by atoms with Gasteiger partial charge in [0, 0.05) is 19.1 Å². The van der Waals surface area contributed by atoms with Gasteiger partial charge in [0.1, 0.15) is 0 Å². The predicted molar refractivity (Wildman–Crippen MR) is 83.7 cm³/mol. The summed E-state index contributed by atoms with van der Waals surface area (Å²) in [5.41, 5.74) is 0.426. The molecule has 20 heavy (non-hydrogen) atoms. The maximum Gasteiger partial charge on any atom is 0.257 e. The number of amides is 1. The summed E-state index contributed by atoms with van der Waals surface area (Å²) in [6.07, 6.45) is 3.04. The van der Waals surface area contributed by atoms with Crippen LogP contribution in [0.5, 0.6) is 0 Å². The third kappa shape index (κ3) is 3.46. The maximum atomic E-state index is 12.8. The molecule has 1 saturated heterocycles. The first-order valence-electron chi connectivity index (χ1n) is 7.10. The highest BCUT2D eigenvalue weighted by Gasteiger charge is 2.28. The number of halogens is 2. The molecule has 1 heterocycles. The molecule has 2 rings (SSSR count). The Balaban J connectivity index is 2.26. The number of benzene rings is 1. The van der Waals surface area contributed by atoms with E-state index >= 15 is 0 Å². The van der Waals surface area contributed by atoms with Crippen molar-refractivity contribution in [3.8, 4) is 0 Å². The standard InChI is InChI=1S/C15H20Cl2N2O/c1-2-9-19(11-5-4-8-18-10-11)15(20)14-12(16)6-3-7-13(14)17/h3,6-7,11,18H,2,4-5,8-10H2,1H3. The highest BCUT2D eigenvalue weighted by molar-refractivity contribution is 6.39. The summed E-state index contributed by atoms with van der Waals surface area (Å²) in [5.74, 6) is -0.0591. The minimum atomic E-state index is -0.0591. The van der Waals surface area contributed by atoms with Gasteiger partial charge in [-0.05, 0) is 37.9 Å². The zero-order valence-corrected chi connectivity index (χ0v) is 13.2. The number of hydrogen-bond donors (Lipinski definition) is 1. The molecule has 0 aliphatic carbocycles. The molecule has 1 aliphatic rings. The van der Waals surface area contributed by atoms with Crippen LogP contribution >= 0.6 is 23.2 Å². The quantitative estimate of drug-likeness (QED) is 0.921. The summed E-state index contributed by atoms with van der Waals surface area (Å²) < 4.78 is 0. The highest BCUT2D eigenvalue weighted by Crippen LogP contribution is 2.27. The average Bonchev–Trinajstić information content (AvgIpc) is 2.45. The third-order valence-electron chi connectivity index (χ3n) is 3.61. The maximum absolute atomic E-state index is 12.8. The molecule has 0 aromatic heterocycles.